The summed E-state index contributed by atoms with van der Waals surface area (Å²) in [6, 6.07) is 0. The molecule has 4 saturated carbocycles. The van der Waals surface area contributed by atoms with Crippen molar-refractivity contribution in [1.29, 1.82) is 0 Å². The lowest BCUT2D eigenvalue weighted by atomic mass is 9.35. The lowest BCUT2D eigenvalue weighted by molar-refractivity contribution is -0.345. The van der Waals surface area contributed by atoms with E-state index in [2.05, 4.69) is 40.7 Å². The van der Waals surface area contributed by atoms with Crippen molar-refractivity contribution in [3.05, 3.63) is 11.6 Å². The zero-order valence-corrected chi connectivity index (χ0v) is 33.2. The fourth-order valence-corrected chi connectivity index (χ4v) is 12.9. The maximum atomic E-state index is 12.4. The topological polar surface area (TPSA) is 199 Å². The van der Waals surface area contributed by atoms with E-state index in [4.69, 9.17) is 18.9 Å². The van der Waals surface area contributed by atoms with Crippen LogP contribution >= 0.6 is 0 Å². The molecule has 6 aliphatic rings. The number of ether oxygens (including phenoxy) is 4. The molecule has 0 aromatic rings. The Morgan fingerprint density at radius 3 is 2.09 bits per heavy atom. The number of aliphatic hydroxyl groups excluding tert-OH is 8. The highest BCUT2D eigenvalue weighted by atomic mass is 16.7. The SMILES string of the molecule is CC(C)=CCC[C@@](C)(O[C@@H]1O[C@H](CO[C@H]2OC[C@@H](O)[C@@H](O)[C@@H]2O)[C@@H](O)[C@H](O)[C@H]1O)[C@H]1CC[C@]2(C)[C@@H]1[C@H](O)CC1[C@@]3(C)CC[C@H](O)C(C)(C)[C@@H]3CC[C@]12C. The summed E-state index contributed by atoms with van der Waals surface area (Å²) in [7, 11) is 0. The molecule has 53 heavy (non-hydrogen) atoms. The van der Waals surface area contributed by atoms with Gasteiger partial charge in [0, 0.05) is 0 Å². The predicted molar refractivity (Wildman–Crippen MR) is 195 cm³/mol. The minimum Gasteiger partial charge on any atom is -0.393 e. The Balaban J connectivity index is 1.26. The van der Waals surface area contributed by atoms with Gasteiger partial charge in [0.05, 0.1) is 31.0 Å². The molecule has 8 N–H and O–H groups in total. The Morgan fingerprint density at radius 2 is 1.42 bits per heavy atom. The molecule has 19 atom stereocenters. The van der Waals surface area contributed by atoms with E-state index >= 15 is 0 Å². The zero-order valence-electron chi connectivity index (χ0n) is 33.2. The van der Waals surface area contributed by atoms with Crippen LogP contribution in [0.4, 0.5) is 0 Å². The maximum absolute atomic E-state index is 12.4. The van der Waals surface area contributed by atoms with Gasteiger partial charge in [-0.15, -0.1) is 0 Å². The summed E-state index contributed by atoms with van der Waals surface area (Å²) in [5.41, 5.74) is -0.185. The van der Waals surface area contributed by atoms with Gasteiger partial charge < -0.3 is 59.8 Å². The van der Waals surface area contributed by atoms with E-state index in [0.29, 0.717) is 31.1 Å². The van der Waals surface area contributed by atoms with Crippen LogP contribution in [0.25, 0.3) is 0 Å². The summed E-state index contributed by atoms with van der Waals surface area (Å²) in [6.45, 7) is 17.2. The van der Waals surface area contributed by atoms with Crippen molar-refractivity contribution in [3.63, 3.8) is 0 Å². The van der Waals surface area contributed by atoms with Gasteiger partial charge in [-0.25, -0.2) is 0 Å². The van der Waals surface area contributed by atoms with Gasteiger partial charge >= 0.3 is 0 Å². The largest absolute Gasteiger partial charge is 0.393 e. The number of hydrogen-bond acceptors (Lipinski definition) is 12. The van der Waals surface area contributed by atoms with Crippen LogP contribution < -0.4 is 0 Å². The summed E-state index contributed by atoms with van der Waals surface area (Å²) in [6.07, 6.45) is -4.18. The number of fused-ring (bicyclic) bond motifs is 5. The third-order valence-corrected chi connectivity index (χ3v) is 16.3. The van der Waals surface area contributed by atoms with Gasteiger partial charge in [-0.05, 0) is 124 Å². The minimum atomic E-state index is -1.63. The lowest BCUT2D eigenvalue weighted by Crippen LogP contribution is -2.67. The van der Waals surface area contributed by atoms with Crippen molar-refractivity contribution in [1.82, 2.24) is 0 Å². The summed E-state index contributed by atoms with van der Waals surface area (Å²) < 4.78 is 24.1. The van der Waals surface area contributed by atoms with Crippen LogP contribution in [0.2, 0.25) is 0 Å². The van der Waals surface area contributed by atoms with Crippen LogP contribution in [0.5, 0.6) is 0 Å². The summed E-state index contributed by atoms with van der Waals surface area (Å²) in [5.74, 6) is 0.469. The molecule has 6 fully saturated rings. The van der Waals surface area contributed by atoms with Crippen LogP contribution in [-0.2, 0) is 18.9 Å². The van der Waals surface area contributed by atoms with E-state index in [1.807, 2.05) is 20.8 Å². The standard InChI is InChI=1S/C41H70O12/c1-21(2)10-9-14-41(8,53-36-34(49)32(47)31(46)25(52-36)20-51-35-33(48)30(45)24(43)19-50-35)22-11-16-40(7)29(22)23(42)18-27-38(5)15-13-28(44)37(3,4)26(38)12-17-39(27,40)6/h10,22-36,42-49H,9,11-20H2,1-8H3/t22-,23+,24+,25+,26-,27?,28-,29-,30+,31+,32-,33-,34+,35+,36-,38-,39+,40+,41+/m0/s1. The van der Waals surface area contributed by atoms with Gasteiger partial charge in [-0.1, -0.05) is 46.3 Å². The molecule has 12 nitrogen and oxygen atoms in total. The van der Waals surface area contributed by atoms with E-state index in [9.17, 15) is 40.9 Å². The molecule has 1 unspecified atom stereocenters. The normalized spacial score (nSPS) is 52.1. The van der Waals surface area contributed by atoms with Gasteiger partial charge in [-0.2, -0.15) is 0 Å². The molecular weight excluding hydrogens is 684 g/mol. The van der Waals surface area contributed by atoms with E-state index < -0.39 is 67.0 Å². The fourth-order valence-electron chi connectivity index (χ4n) is 12.9. The first-order chi connectivity index (χ1) is 24.6. The van der Waals surface area contributed by atoms with Crippen molar-refractivity contribution in [2.45, 2.75) is 186 Å². The second-order valence-corrected chi connectivity index (χ2v) is 19.7. The van der Waals surface area contributed by atoms with Crippen LogP contribution in [-0.4, -0.2) is 127 Å². The average molecular weight is 755 g/mol. The summed E-state index contributed by atoms with van der Waals surface area (Å²) >= 11 is 0. The number of hydrogen-bond donors (Lipinski definition) is 8. The molecule has 4 aliphatic carbocycles. The first-order valence-corrected chi connectivity index (χ1v) is 20.3. The Morgan fingerprint density at radius 1 is 0.755 bits per heavy atom. The molecule has 2 saturated heterocycles. The van der Waals surface area contributed by atoms with Gasteiger partial charge in [0.1, 0.15) is 42.7 Å². The highest BCUT2D eigenvalue weighted by molar-refractivity contribution is 5.20. The molecule has 0 aromatic carbocycles. The quantitative estimate of drug-likeness (QED) is 0.161. The van der Waals surface area contributed by atoms with E-state index in [0.717, 1.165) is 44.1 Å². The van der Waals surface area contributed by atoms with E-state index in [-0.39, 0.29) is 52.8 Å². The van der Waals surface area contributed by atoms with Gasteiger partial charge in [0.15, 0.2) is 12.6 Å². The Kier molecular flexibility index (Phi) is 11.8. The summed E-state index contributed by atoms with van der Waals surface area (Å²) in [5, 5.41) is 87.0. The Hall–Kier alpha value is -0.740. The molecule has 2 aliphatic heterocycles. The monoisotopic (exact) mass is 754 g/mol. The van der Waals surface area contributed by atoms with E-state index in [1.54, 1.807) is 0 Å². The molecule has 6 rings (SSSR count). The molecule has 0 spiro atoms. The third-order valence-electron chi connectivity index (χ3n) is 16.3. The molecule has 0 amide bonds. The molecule has 0 aromatic heterocycles. The van der Waals surface area contributed by atoms with Crippen LogP contribution in [0.15, 0.2) is 11.6 Å². The molecule has 0 bridgehead atoms. The predicted octanol–water partition coefficient (Wildman–Crippen LogP) is 2.79. The summed E-state index contributed by atoms with van der Waals surface area (Å²) in [4.78, 5) is 0. The first kappa shape index (κ1) is 41.9. The molecule has 0 radical (unpaired) electrons. The van der Waals surface area contributed by atoms with Crippen molar-refractivity contribution in [2.75, 3.05) is 13.2 Å². The minimum absolute atomic E-state index is 0.00324. The van der Waals surface area contributed by atoms with Crippen LogP contribution in [0.1, 0.15) is 113 Å². The number of rotatable bonds is 9. The number of allylic oxidation sites excluding steroid dienone is 2. The first-order valence-electron chi connectivity index (χ1n) is 20.3. The molecule has 12 heteroatoms. The second kappa shape index (κ2) is 14.9. The fraction of sp³-hybridized carbons (Fsp3) is 0.951. The van der Waals surface area contributed by atoms with Gasteiger partial charge in [0.25, 0.3) is 0 Å². The second-order valence-electron chi connectivity index (χ2n) is 19.7. The van der Waals surface area contributed by atoms with Crippen LogP contribution in [0, 0.1) is 45.3 Å². The Bertz CT molecular complexity index is 1320. The van der Waals surface area contributed by atoms with Crippen molar-refractivity contribution in [2.24, 2.45) is 45.3 Å². The molecular formula is C41H70O12. The van der Waals surface area contributed by atoms with Gasteiger partial charge in [-0.3, -0.25) is 0 Å². The molecule has 306 valence electrons. The zero-order chi connectivity index (χ0) is 39.1. The molecule has 2 heterocycles. The van der Waals surface area contributed by atoms with Crippen molar-refractivity contribution in [3.8, 4) is 0 Å². The van der Waals surface area contributed by atoms with Crippen LogP contribution in [0.3, 0.4) is 0 Å². The van der Waals surface area contributed by atoms with Crippen molar-refractivity contribution >= 4 is 0 Å². The average Bonchev–Trinajstić information content (AvgIpc) is 3.47. The lowest BCUT2D eigenvalue weighted by Gasteiger charge is -2.70. The van der Waals surface area contributed by atoms with E-state index in [1.165, 1.54) is 0 Å². The Labute approximate surface area is 315 Å². The highest BCUT2D eigenvalue weighted by Crippen LogP contribution is 2.76. The third kappa shape index (κ3) is 6.90. The van der Waals surface area contributed by atoms with Gasteiger partial charge in [0.2, 0.25) is 0 Å². The smallest absolute Gasteiger partial charge is 0.187 e. The van der Waals surface area contributed by atoms with Crippen molar-refractivity contribution < 1.29 is 59.8 Å². The highest BCUT2D eigenvalue weighted by Gasteiger charge is 2.71. The maximum Gasteiger partial charge on any atom is 0.187 e. The number of aliphatic hydroxyl groups is 8.